The van der Waals surface area contributed by atoms with E-state index in [0.717, 1.165) is 48.9 Å². The third kappa shape index (κ3) is 3.69. The lowest BCUT2D eigenvalue weighted by molar-refractivity contribution is 0.0698. The highest BCUT2D eigenvalue weighted by Gasteiger charge is 2.35. The van der Waals surface area contributed by atoms with Crippen LogP contribution in [-0.4, -0.2) is 41.6 Å². The first kappa shape index (κ1) is 15.1. The molecule has 5 heteroatoms. The Kier molecular flexibility index (Phi) is 4.69. The first-order valence-corrected chi connectivity index (χ1v) is 8.73. The maximum Gasteiger partial charge on any atom is 0.257 e. The molecule has 0 unspecified atom stereocenters. The second-order valence-corrected chi connectivity index (χ2v) is 7.29. The molecule has 114 valence electrons. The van der Waals surface area contributed by atoms with Crippen LogP contribution >= 0.6 is 22.6 Å². The summed E-state index contributed by atoms with van der Waals surface area (Å²) in [5.41, 5.74) is 0.447. The van der Waals surface area contributed by atoms with E-state index in [4.69, 9.17) is 0 Å². The molecule has 1 aliphatic carbocycles. The summed E-state index contributed by atoms with van der Waals surface area (Å²) < 4.78 is 0.978. The number of carbonyl (C=O) groups excluding carboxylic acids is 1. The van der Waals surface area contributed by atoms with E-state index < -0.39 is 0 Å². The molecule has 1 aliphatic heterocycles. The van der Waals surface area contributed by atoms with Crippen LogP contribution in [0.15, 0.2) is 18.2 Å². The van der Waals surface area contributed by atoms with Gasteiger partial charge in [-0.3, -0.25) is 4.79 Å². The zero-order valence-corrected chi connectivity index (χ0v) is 14.2. The van der Waals surface area contributed by atoms with Gasteiger partial charge in [0.1, 0.15) is 5.75 Å². The quantitative estimate of drug-likeness (QED) is 0.765. The van der Waals surface area contributed by atoms with Crippen LogP contribution in [0.3, 0.4) is 0 Å². The number of hydrogen-bond donors (Lipinski definition) is 2. The molecule has 3 rings (SSSR count). The van der Waals surface area contributed by atoms with E-state index in [0.29, 0.717) is 17.5 Å². The zero-order valence-electron chi connectivity index (χ0n) is 12.0. The molecule has 1 saturated heterocycles. The first-order chi connectivity index (χ1) is 10.1. The lowest BCUT2D eigenvalue weighted by Crippen LogP contribution is -2.40. The van der Waals surface area contributed by atoms with Gasteiger partial charge < -0.3 is 15.3 Å². The summed E-state index contributed by atoms with van der Waals surface area (Å²) in [4.78, 5) is 14.8. The average Bonchev–Trinajstić information content (AvgIpc) is 3.32. The number of carbonyl (C=O) groups is 1. The van der Waals surface area contributed by atoms with Crippen LogP contribution in [0.1, 0.15) is 36.0 Å². The molecule has 1 aromatic rings. The fourth-order valence-electron chi connectivity index (χ4n) is 2.96. The Morgan fingerprint density at radius 2 is 2.00 bits per heavy atom. The molecule has 0 aromatic heterocycles. The summed E-state index contributed by atoms with van der Waals surface area (Å²) in [6.07, 6.45) is 4.46. The number of aromatic hydroxyl groups is 1. The van der Waals surface area contributed by atoms with Crippen molar-refractivity contribution in [1.82, 2.24) is 10.2 Å². The van der Waals surface area contributed by atoms with Crippen molar-refractivity contribution in [2.45, 2.75) is 31.7 Å². The topological polar surface area (TPSA) is 52.6 Å². The van der Waals surface area contributed by atoms with Crippen molar-refractivity contribution in [3.63, 3.8) is 0 Å². The number of hydrogen-bond acceptors (Lipinski definition) is 3. The van der Waals surface area contributed by atoms with Gasteiger partial charge in [-0.15, -0.1) is 0 Å². The smallest absolute Gasteiger partial charge is 0.257 e. The van der Waals surface area contributed by atoms with Gasteiger partial charge in [0.05, 0.1) is 5.56 Å². The molecule has 2 fully saturated rings. The maximum atomic E-state index is 12.8. The lowest BCUT2D eigenvalue weighted by Gasteiger charge is -2.30. The van der Waals surface area contributed by atoms with Crippen LogP contribution < -0.4 is 5.32 Å². The molecule has 1 saturated carbocycles. The molecule has 4 nitrogen and oxygen atoms in total. The molecule has 1 amide bonds. The third-order valence-corrected chi connectivity index (χ3v) is 5.02. The zero-order chi connectivity index (χ0) is 14.8. The van der Waals surface area contributed by atoms with Gasteiger partial charge in [-0.05, 0) is 85.5 Å². The number of nitrogens with zero attached hydrogens (tertiary/aromatic N) is 1. The van der Waals surface area contributed by atoms with Gasteiger partial charge in [0, 0.05) is 16.2 Å². The maximum absolute atomic E-state index is 12.8. The Bertz CT molecular complexity index is 525. The highest BCUT2D eigenvalue weighted by Crippen LogP contribution is 2.32. The number of amides is 1. The largest absolute Gasteiger partial charge is 0.507 e. The normalized spacial score (nSPS) is 19.5. The van der Waals surface area contributed by atoms with Gasteiger partial charge in [-0.1, -0.05) is 0 Å². The molecule has 0 spiro atoms. The lowest BCUT2D eigenvalue weighted by atomic mass is 9.97. The van der Waals surface area contributed by atoms with E-state index in [1.807, 2.05) is 11.0 Å². The van der Waals surface area contributed by atoms with Gasteiger partial charge in [-0.2, -0.15) is 0 Å². The van der Waals surface area contributed by atoms with Gasteiger partial charge >= 0.3 is 0 Å². The first-order valence-electron chi connectivity index (χ1n) is 7.65. The van der Waals surface area contributed by atoms with Crippen LogP contribution in [0.2, 0.25) is 0 Å². The van der Waals surface area contributed by atoms with E-state index in [9.17, 15) is 9.90 Å². The molecule has 0 atom stereocenters. The van der Waals surface area contributed by atoms with Crippen LogP contribution in [0, 0.1) is 9.49 Å². The van der Waals surface area contributed by atoms with E-state index in [1.165, 1.54) is 0 Å². The fraction of sp³-hybridized carbons (Fsp3) is 0.562. The van der Waals surface area contributed by atoms with Crippen molar-refractivity contribution in [1.29, 1.82) is 0 Å². The summed E-state index contributed by atoms with van der Waals surface area (Å²) in [6, 6.07) is 5.60. The molecular formula is C16H21IN2O2. The van der Waals surface area contributed by atoms with Gasteiger partial charge in [0.25, 0.3) is 5.91 Å². The summed E-state index contributed by atoms with van der Waals surface area (Å²) in [5.74, 6) is 0.671. The molecule has 2 N–H and O–H groups in total. The summed E-state index contributed by atoms with van der Waals surface area (Å²) in [7, 11) is 0. The monoisotopic (exact) mass is 400 g/mol. The SMILES string of the molecule is O=C(c1cc(I)ccc1O)N(CC1CCNCC1)C1CC1. The highest BCUT2D eigenvalue weighted by molar-refractivity contribution is 14.1. The second kappa shape index (κ2) is 6.52. The van der Waals surface area contributed by atoms with Crippen molar-refractivity contribution < 1.29 is 9.90 Å². The Hall–Kier alpha value is -0.820. The van der Waals surface area contributed by atoms with E-state index in [2.05, 4.69) is 27.9 Å². The Morgan fingerprint density at radius 1 is 1.29 bits per heavy atom. The number of phenols is 1. The number of halogens is 1. The van der Waals surface area contributed by atoms with Crippen molar-refractivity contribution in [2.75, 3.05) is 19.6 Å². The number of benzene rings is 1. The van der Waals surface area contributed by atoms with Gasteiger partial charge in [-0.25, -0.2) is 0 Å². The Balaban J connectivity index is 1.76. The third-order valence-electron chi connectivity index (χ3n) is 4.35. The van der Waals surface area contributed by atoms with Crippen molar-refractivity contribution in [3.8, 4) is 5.75 Å². The number of rotatable bonds is 4. The molecule has 2 aliphatic rings. The van der Waals surface area contributed by atoms with Gasteiger partial charge in [0.2, 0.25) is 0 Å². The Morgan fingerprint density at radius 3 is 2.67 bits per heavy atom. The molecule has 1 heterocycles. The fourth-order valence-corrected chi connectivity index (χ4v) is 3.45. The molecule has 1 aromatic carbocycles. The number of nitrogens with one attached hydrogen (secondary N) is 1. The number of phenolic OH excluding ortho intramolecular Hbond substituents is 1. The summed E-state index contributed by atoms with van der Waals surface area (Å²) in [6.45, 7) is 2.92. The predicted octanol–water partition coefficient (Wildman–Crippen LogP) is 2.60. The minimum absolute atomic E-state index is 0.00736. The summed E-state index contributed by atoms with van der Waals surface area (Å²) in [5, 5.41) is 13.4. The van der Waals surface area contributed by atoms with E-state index >= 15 is 0 Å². The predicted molar refractivity (Wildman–Crippen MR) is 90.5 cm³/mol. The molecule has 0 bridgehead atoms. The second-order valence-electron chi connectivity index (χ2n) is 6.04. The summed E-state index contributed by atoms with van der Waals surface area (Å²) >= 11 is 2.18. The van der Waals surface area contributed by atoms with Crippen molar-refractivity contribution in [3.05, 3.63) is 27.3 Å². The average molecular weight is 400 g/mol. The minimum Gasteiger partial charge on any atom is -0.507 e. The van der Waals surface area contributed by atoms with Gasteiger partial charge in [0.15, 0.2) is 0 Å². The molecular weight excluding hydrogens is 379 g/mol. The molecule has 21 heavy (non-hydrogen) atoms. The number of piperidine rings is 1. The van der Waals surface area contributed by atoms with E-state index in [-0.39, 0.29) is 11.7 Å². The van der Waals surface area contributed by atoms with E-state index in [1.54, 1.807) is 12.1 Å². The van der Waals surface area contributed by atoms with Crippen LogP contribution in [0.4, 0.5) is 0 Å². The van der Waals surface area contributed by atoms with Crippen LogP contribution in [0.5, 0.6) is 5.75 Å². The highest BCUT2D eigenvalue weighted by atomic mass is 127. The minimum atomic E-state index is -0.00736. The van der Waals surface area contributed by atoms with Crippen molar-refractivity contribution in [2.24, 2.45) is 5.92 Å². The van der Waals surface area contributed by atoms with Crippen LogP contribution in [0.25, 0.3) is 0 Å². The van der Waals surface area contributed by atoms with Crippen LogP contribution in [-0.2, 0) is 0 Å². The Labute approximate surface area is 139 Å². The standard InChI is InChI=1S/C16H21IN2O2/c17-12-1-4-15(20)14(9-12)16(21)19(13-2-3-13)10-11-5-7-18-8-6-11/h1,4,9,11,13,18,20H,2-3,5-8,10H2. The van der Waals surface area contributed by atoms with Crippen molar-refractivity contribution >= 4 is 28.5 Å². The molecule has 0 radical (unpaired) electrons.